The second kappa shape index (κ2) is 8.64. The summed E-state index contributed by atoms with van der Waals surface area (Å²) in [4.78, 5) is 28.2. The number of carbonyl (C=O) groups is 2. The van der Waals surface area contributed by atoms with Crippen molar-refractivity contribution in [2.45, 2.75) is 27.2 Å². The molecule has 2 rings (SSSR count). The third kappa shape index (κ3) is 5.20. The summed E-state index contributed by atoms with van der Waals surface area (Å²) < 4.78 is 0. The Kier molecular flexibility index (Phi) is 6.55. The second-order valence-corrected chi connectivity index (χ2v) is 6.38. The van der Waals surface area contributed by atoms with Gasteiger partial charge >= 0.3 is 0 Å². The molecular formula is C19H27N3O2. The van der Waals surface area contributed by atoms with Crippen molar-refractivity contribution in [2.75, 3.05) is 38.0 Å². The van der Waals surface area contributed by atoms with Gasteiger partial charge in [-0.1, -0.05) is 30.7 Å². The van der Waals surface area contributed by atoms with E-state index in [1.807, 2.05) is 43.0 Å². The molecule has 1 heterocycles. The molecule has 0 aliphatic carbocycles. The summed E-state index contributed by atoms with van der Waals surface area (Å²) in [5.41, 5.74) is 3.04. The normalized spacial score (nSPS) is 15.0. The highest BCUT2D eigenvalue weighted by molar-refractivity contribution is 5.93. The van der Waals surface area contributed by atoms with E-state index in [0.29, 0.717) is 19.6 Å². The van der Waals surface area contributed by atoms with E-state index in [-0.39, 0.29) is 11.8 Å². The van der Waals surface area contributed by atoms with Gasteiger partial charge in [0.2, 0.25) is 11.8 Å². The Morgan fingerprint density at radius 3 is 2.42 bits per heavy atom. The van der Waals surface area contributed by atoms with Crippen LogP contribution in [-0.4, -0.2) is 54.3 Å². The molecule has 5 nitrogen and oxygen atoms in total. The number of piperazine rings is 1. The molecule has 5 heteroatoms. The summed E-state index contributed by atoms with van der Waals surface area (Å²) in [5.74, 6) is 0.0657. The summed E-state index contributed by atoms with van der Waals surface area (Å²) in [5, 5.41) is 3.00. The molecule has 1 N–H and O–H groups in total. The standard InChI is InChI=1S/C19H27N3O2/c1-4-16-7-5-6-8-17(16)20-18(23)14-21-9-11-22(12-10-21)19(24)13-15(2)3/h5-8,13H,4,9-12,14H2,1-3H3,(H,20,23). The van der Waals surface area contributed by atoms with Gasteiger partial charge in [0.25, 0.3) is 0 Å². The molecule has 0 bridgehead atoms. The van der Waals surface area contributed by atoms with E-state index in [1.165, 1.54) is 0 Å². The fourth-order valence-electron chi connectivity index (χ4n) is 2.81. The molecule has 0 atom stereocenters. The molecule has 0 unspecified atom stereocenters. The van der Waals surface area contributed by atoms with Crippen molar-refractivity contribution < 1.29 is 9.59 Å². The first-order chi connectivity index (χ1) is 11.5. The molecule has 1 fully saturated rings. The third-order valence-electron chi connectivity index (χ3n) is 4.14. The number of amides is 2. The molecule has 1 aromatic rings. The van der Waals surface area contributed by atoms with Crippen LogP contribution in [0.15, 0.2) is 35.9 Å². The maximum atomic E-state index is 12.3. The molecule has 2 amide bonds. The summed E-state index contributed by atoms with van der Waals surface area (Å²) in [6.45, 7) is 9.08. The number of hydrogen-bond donors (Lipinski definition) is 1. The maximum absolute atomic E-state index is 12.3. The van der Waals surface area contributed by atoms with E-state index in [1.54, 1.807) is 6.08 Å². The highest BCUT2D eigenvalue weighted by atomic mass is 16.2. The van der Waals surface area contributed by atoms with Crippen molar-refractivity contribution in [2.24, 2.45) is 0 Å². The average molecular weight is 329 g/mol. The quantitative estimate of drug-likeness (QED) is 0.844. The molecule has 1 aromatic carbocycles. The largest absolute Gasteiger partial charge is 0.337 e. The minimum atomic E-state index is -0.0000231. The summed E-state index contributed by atoms with van der Waals surface area (Å²) >= 11 is 0. The van der Waals surface area contributed by atoms with Crippen molar-refractivity contribution in [1.29, 1.82) is 0 Å². The second-order valence-electron chi connectivity index (χ2n) is 6.38. The number of nitrogens with one attached hydrogen (secondary N) is 1. The minimum absolute atomic E-state index is 0.0000231. The van der Waals surface area contributed by atoms with E-state index < -0.39 is 0 Å². The lowest BCUT2D eigenvalue weighted by molar-refractivity contribution is -0.128. The highest BCUT2D eigenvalue weighted by Gasteiger charge is 2.21. The summed E-state index contributed by atoms with van der Waals surface area (Å²) in [7, 11) is 0. The smallest absolute Gasteiger partial charge is 0.246 e. The van der Waals surface area contributed by atoms with Crippen molar-refractivity contribution in [3.8, 4) is 0 Å². The fraction of sp³-hybridized carbons (Fsp3) is 0.474. The van der Waals surface area contributed by atoms with E-state index >= 15 is 0 Å². The van der Waals surface area contributed by atoms with Gasteiger partial charge in [-0.2, -0.15) is 0 Å². The van der Waals surface area contributed by atoms with Crippen molar-refractivity contribution in [3.05, 3.63) is 41.5 Å². The number of para-hydroxylation sites is 1. The van der Waals surface area contributed by atoms with Gasteiger partial charge in [-0.15, -0.1) is 0 Å². The third-order valence-corrected chi connectivity index (χ3v) is 4.14. The number of allylic oxidation sites excluding steroid dienone is 1. The molecule has 0 saturated carbocycles. The zero-order valence-corrected chi connectivity index (χ0v) is 14.8. The van der Waals surface area contributed by atoms with Crippen molar-refractivity contribution in [3.63, 3.8) is 0 Å². The van der Waals surface area contributed by atoms with Gasteiger partial charge in [0.1, 0.15) is 0 Å². The molecular weight excluding hydrogens is 302 g/mol. The van der Waals surface area contributed by atoms with E-state index in [4.69, 9.17) is 0 Å². The van der Waals surface area contributed by atoms with E-state index in [9.17, 15) is 9.59 Å². The summed E-state index contributed by atoms with van der Waals surface area (Å²) in [6, 6.07) is 7.88. The molecule has 1 aliphatic heterocycles. The van der Waals surface area contributed by atoms with Crippen LogP contribution in [-0.2, 0) is 16.0 Å². The topological polar surface area (TPSA) is 52.7 Å². The van der Waals surface area contributed by atoms with Crippen LogP contribution in [0.25, 0.3) is 0 Å². The van der Waals surface area contributed by atoms with Crippen LogP contribution < -0.4 is 5.32 Å². The molecule has 1 saturated heterocycles. The van der Waals surface area contributed by atoms with Crippen LogP contribution in [0.2, 0.25) is 0 Å². The Hall–Kier alpha value is -2.14. The van der Waals surface area contributed by atoms with Crippen molar-refractivity contribution >= 4 is 17.5 Å². The summed E-state index contributed by atoms with van der Waals surface area (Å²) in [6.07, 6.45) is 2.56. The van der Waals surface area contributed by atoms with Crippen LogP contribution >= 0.6 is 0 Å². The van der Waals surface area contributed by atoms with Gasteiger partial charge in [-0.05, 0) is 31.9 Å². The van der Waals surface area contributed by atoms with Gasteiger partial charge in [0.15, 0.2) is 0 Å². The number of carbonyl (C=O) groups excluding carboxylic acids is 2. The number of nitrogens with zero attached hydrogens (tertiary/aromatic N) is 2. The van der Waals surface area contributed by atoms with Crippen molar-refractivity contribution in [1.82, 2.24) is 9.80 Å². The predicted molar refractivity (Wildman–Crippen MR) is 96.9 cm³/mol. The number of hydrogen-bond acceptors (Lipinski definition) is 3. The molecule has 1 aliphatic rings. The Labute approximate surface area is 144 Å². The van der Waals surface area contributed by atoms with E-state index in [0.717, 1.165) is 36.3 Å². The van der Waals surface area contributed by atoms with Crippen LogP contribution in [0.4, 0.5) is 5.69 Å². The Morgan fingerprint density at radius 2 is 1.79 bits per heavy atom. The van der Waals surface area contributed by atoms with Crippen LogP contribution in [0.3, 0.4) is 0 Å². The Balaban J connectivity index is 1.82. The van der Waals surface area contributed by atoms with Crippen LogP contribution in [0, 0.1) is 0 Å². The Morgan fingerprint density at radius 1 is 1.12 bits per heavy atom. The maximum Gasteiger partial charge on any atom is 0.246 e. The zero-order chi connectivity index (χ0) is 17.5. The average Bonchev–Trinajstić information content (AvgIpc) is 2.55. The number of aryl methyl sites for hydroxylation is 1. The first-order valence-electron chi connectivity index (χ1n) is 8.53. The lowest BCUT2D eigenvalue weighted by Crippen LogP contribution is -2.50. The lowest BCUT2D eigenvalue weighted by atomic mass is 10.1. The zero-order valence-electron chi connectivity index (χ0n) is 14.8. The fourth-order valence-corrected chi connectivity index (χ4v) is 2.81. The highest BCUT2D eigenvalue weighted by Crippen LogP contribution is 2.15. The van der Waals surface area contributed by atoms with Gasteiger partial charge in [-0.25, -0.2) is 0 Å². The van der Waals surface area contributed by atoms with Gasteiger partial charge in [-0.3, -0.25) is 14.5 Å². The number of benzene rings is 1. The Bertz CT molecular complexity index is 613. The molecule has 130 valence electrons. The van der Waals surface area contributed by atoms with Gasteiger partial charge < -0.3 is 10.2 Å². The SMILES string of the molecule is CCc1ccccc1NC(=O)CN1CCN(C(=O)C=C(C)C)CC1. The van der Waals surface area contributed by atoms with E-state index in [2.05, 4.69) is 17.1 Å². The predicted octanol–water partition coefficient (Wildman–Crippen LogP) is 2.30. The van der Waals surface area contributed by atoms with Crippen LogP contribution in [0.1, 0.15) is 26.3 Å². The lowest BCUT2D eigenvalue weighted by Gasteiger charge is -2.33. The number of anilines is 1. The van der Waals surface area contributed by atoms with Gasteiger partial charge in [0, 0.05) is 37.9 Å². The molecule has 0 aromatic heterocycles. The first kappa shape index (κ1) is 18.2. The van der Waals surface area contributed by atoms with Gasteiger partial charge in [0.05, 0.1) is 6.54 Å². The molecule has 24 heavy (non-hydrogen) atoms. The van der Waals surface area contributed by atoms with Crippen LogP contribution in [0.5, 0.6) is 0 Å². The monoisotopic (exact) mass is 329 g/mol. The number of rotatable bonds is 5. The minimum Gasteiger partial charge on any atom is -0.337 e. The molecule has 0 radical (unpaired) electrons. The molecule has 0 spiro atoms. The first-order valence-corrected chi connectivity index (χ1v) is 8.53.